The Bertz CT molecular complexity index is 434. The second-order valence-electron chi connectivity index (χ2n) is 4.65. The van der Waals surface area contributed by atoms with Gasteiger partial charge < -0.3 is 9.94 Å². The number of nitrogens with zero attached hydrogens (tertiary/aromatic N) is 3. The average molecular weight is 249 g/mol. The molecule has 0 radical (unpaired) electrons. The van der Waals surface area contributed by atoms with E-state index in [0.717, 1.165) is 37.5 Å². The summed E-state index contributed by atoms with van der Waals surface area (Å²) in [6, 6.07) is 5.80. The third-order valence-corrected chi connectivity index (χ3v) is 3.29. The molecule has 0 bridgehead atoms. The van der Waals surface area contributed by atoms with Crippen LogP contribution in [0.4, 0.5) is 0 Å². The van der Waals surface area contributed by atoms with E-state index in [1.54, 1.807) is 7.11 Å². The van der Waals surface area contributed by atoms with Gasteiger partial charge in [0.05, 0.1) is 18.5 Å². The first-order valence-electron chi connectivity index (χ1n) is 6.16. The lowest BCUT2D eigenvalue weighted by atomic mass is 9.97. The summed E-state index contributed by atoms with van der Waals surface area (Å²) < 4.78 is 5.12. The molecular formula is C13H19N3O2. The zero-order chi connectivity index (χ0) is 13.0. The SMILES string of the molecule is COc1cccc(CN2CC/C(=N/O)C(C)C2)n1. The lowest BCUT2D eigenvalue weighted by Crippen LogP contribution is -2.39. The van der Waals surface area contributed by atoms with Crippen molar-refractivity contribution in [3.63, 3.8) is 0 Å². The molecule has 0 aromatic carbocycles. The summed E-state index contributed by atoms with van der Waals surface area (Å²) >= 11 is 0. The predicted molar refractivity (Wildman–Crippen MR) is 69.1 cm³/mol. The van der Waals surface area contributed by atoms with Gasteiger partial charge in [-0.25, -0.2) is 4.98 Å². The van der Waals surface area contributed by atoms with E-state index in [-0.39, 0.29) is 0 Å². The van der Waals surface area contributed by atoms with Crippen molar-refractivity contribution < 1.29 is 9.94 Å². The smallest absolute Gasteiger partial charge is 0.213 e. The van der Waals surface area contributed by atoms with Crippen molar-refractivity contribution in [2.45, 2.75) is 19.9 Å². The van der Waals surface area contributed by atoms with Gasteiger partial charge in [-0.15, -0.1) is 0 Å². The Morgan fingerprint density at radius 3 is 3.06 bits per heavy atom. The first-order valence-corrected chi connectivity index (χ1v) is 6.16. The van der Waals surface area contributed by atoms with Crippen LogP contribution in [0.15, 0.2) is 23.4 Å². The highest BCUT2D eigenvalue weighted by molar-refractivity contribution is 5.86. The third kappa shape index (κ3) is 2.98. The Balaban J connectivity index is 1.98. The van der Waals surface area contributed by atoms with Crippen molar-refractivity contribution in [3.05, 3.63) is 23.9 Å². The summed E-state index contributed by atoms with van der Waals surface area (Å²) in [4.78, 5) is 6.73. The molecule has 1 aliphatic heterocycles. The number of aromatic nitrogens is 1. The van der Waals surface area contributed by atoms with Gasteiger partial charge in [0.1, 0.15) is 0 Å². The standard InChI is InChI=1S/C13H19N3O2/c1-10-8-16(7-6-12(10)15-17)9-11-4-3-5-13(14-11)18-2/h3-5,10,17H,6-9H2,1-2H3/b15-12-. The number of oxime groups is 1. The van der Waals surface area contributed by atoms with Gasteiger partial charge >= 0.3 is 0 Å². The van der Waals surface area contributed by atoms with E-state index in [0.29, 0.717) is 11.8 Å². The van der Waals surface area contributed by atoms with Gasteiger partial charge in [0.25, 0.3) is 0 Å². The van der Waals surface area contributed by atoms with E-state index in [4.69, 9.17) is 9.94 Å². The molecule has 1 aromatic rings. The van der Waals surface area contributed by atoms with Crippen LogP contribution in [0.2, 0.25) is 0 Å². The fourth-order valence-corrected chi connectivity index (χ4v) is 2.28. The van der Waals surface area contributed by atoms with E-state index >= 15 is 0 Å². The number of piperidine rings is 1. The molecule has 2 rings (SSSR count). The molecule has 1 atom stereocenters. The Kier molecular flexibility index (Phi) is 4.15. The minimum Gasteiger partial charge on any atom is -0.481 e. The highest BCUT2D eigenvalue weighted by Gasteiger charge is 2.22. The first kappa shape index (κ1) is 12.8. The number of rotatable bonds is 3. The summed E-state index contributed by atoms with van der Waals surface area (Å²) in [5, 5.41) is 12.2. The molecule has 5 heteroatoms. The van der Waals surface area contributed by atoms with Crippen LogP contribution >= 0.6 is 0 Å². The minimum atomic E-state index is 0.300. The van der Waals surface area contributed by atoms with Crippen molar-refractivity contribution in [2.75, 3.05) is 20.2 Å². The molecule has 1 N–H and O–H groups in total. The minimum absolute atomic E-state index is 0.300. The second-order valence-corrected chi connectivity index (χ2v) is 4.65. The van der Waals surface area contributed by atoms with Gasteiger partial charge in [-0.1, -0.05) is 18.1 Å². The average Bonchev–Trinajstić information content (AvgIpc) is 2.39. The number of ether oxygens (including phenoxy) is 1. The van der Waals surface area contributed by atoms with Gasteiger partial charge in [0.2, 0.25) is 5.88 Å². The Labute approximate surface area is 107 Å². The van der Waals surface area contributed by atoms with Crippen molar-refractivity contribution in [3.8, 4) is 5.88 Å². The molecule has 2 heterocycles. The van der Waals surface area contributed by atoms with E-state index < -0.39 is 0 Å². The van der Waals surface area contributed by atoms with E-state index in [1.807, 2.05) is 18.2 Å². The van der Waals surface area contributed by atoms with Crippen molar-refractivity contribution in [1.29, 1.82) is 0 Å². The van der Waals surface area contributed by atoms with Gasteiger partial charge in [-0.2, -0.15) is 0 Å². The molecule has 0 spiro atoms. The molecule has 0 aliphatic carbocycles. The Morgan fingerprint density at radius 1 is 1.56 bits per heavy atom. The van der Waals surface area contributed by atoms with Gasteiger partial charge in [0, 0.05) is 38.0 Å². The summed E-state index contributed by atoms with van der Waals surface area (Å²) in [5.74, 6) is 0.949. The molecule has 98 valence electrons. The Morgan fingerprint density at radius 2 is 2.39 bits per heavy atom. The number of hydrogen-bond acceptors (Lipinski definition) is 5. The van der Waals surface area contributed by atoms with Crippen molar-refractivity contribution >= 4 is 5.71 Å². The van der Waals surface area contributed by atoms with Gasteiger partial charge in [0.15, 0.2) is 0 Å². The molecule has 5 nitrogen and oxygen atoms in total. The molecule has 1 fully saturated rings. The van der Waals surface area contributed by atoms with Crippen LogP contribution in [0.1, 0.15) is 19.0 Å². The summed E-state index contributed by atoms with van der Waals surface area (Å²) in [6.07, 6.45) is 0.821. The number of methoxy groups -OCH3 is 1. The second kappa shape index (κ2) is 5.82. The Hall–Kier alpha value is -1.62. The highest BCUT2D eigenvalue weighted by Crippen LogP contribution is 2.16. The van der Waals surface area contributed by atoms with Crippen LogP contribution in [0.5, 0.6) is 5.88 Å². The van der Waals surface area contributed by atoms with Gasteiger partial charge in [-0.05, 0) is 6.07 Å². The highest BCUT2D eigenvalue weighted by atomic mass is 16.5. The van der Waals surface area contributed by atoms with Crippen molar-refractivity contribution in [1.82, 2.24) is 9.88 Å². The van der Waals surface area contributed by atoms with Gasteiger partial charge in [-0.3, -0.25) is 4.90 Å². The quantitative estimate of drug-likeness (QED) is 0.655. The zero-order valence-corrected chi connectivity index (χ0v) is 10.8. The molecule has 0 amide bonds. The van der Waals surface area contributed by atoms with E-state index in [2.05, 4.69) is 22.0 Å². The molecule has 1 unspecified atom stereocenters. The monoisotopic (exact) mass is 249 g/mol. The van der Waals surface area contributed by atoms with Crippen LogP contribution in [0, 0.1) is 5.92 Å². The maximum absolute atomic E-state index is 8.85. The topological polar surface area (TPSA) is 58.0 Å². The fourth-order valence-electron chi connectivity index (χ4n) is 2.28. The van der Waals surface area contributed by atoms with Crippen LogP contribution < -0.4 is 4.74 Å². The van der Waals surface area contributed by atoms with Crippen LogP contribution in [0.25, 0.3) is 0 Å². The van der Waals surface area contributed by atoms with Crippen LogP contribution in [-0.2, 0) is 6.54 Å². The first-order chi connectivity index (χ1) is 8.72. The lowest BCUT2D eigenvalue weighted by Gasteiger charge is -2.31. The maximum atomic E-state index is 8.85. The summed E-state index contributed by atoms with van der Waals surface area (Å²) in [5.41, 5.74) is 1.90. The molecule has 18 heavy (non-hydrogen) atoms. The lowest BCUT2D eigenvalue weighted by molar-refractivity contribution is 0.225. The number of hydrogen-bond donors (Lipinski definition) is 1. The zero-order valence-electron chi connectivity index (χ0n) is 10.8. The van der Waals surface area contributed by atoms with E-state index in [9.17, 15) is 0 Å². The number of likely N-dealkylation sites (tertiary alicyclic amines) is 1. The van der Waals surface area contributed by atoms with Crippen LogP contribution in [0.3, 0.4) is 0 Å². The predicted octanol–water partition coefficient (Wildman–Crippen LogP) is 1.76. The fraction of sp³-hybridized carbons (Fsp3) is 0.538. The molecule has 1 aliphatic rings. The van der Waals surface area contributed by atoms with Crippen LogP contribution in [-0.4, -0.2) is 41.0 Å². The van der Waals surface area contributed by atoms with Crippen molar-refractivity contribution in [2.24, 2.45) is 11.1 Å². The summed E-state index contributed by atoms with van der Waals surface area (Å²) in [6.45, 7) is 4.70. The summed E-state index contributed by atoms with van der Waals surface area (Å²) in [7, 11) is 1.62. The maximum Gasteiger partial charge on any atom is 0.213 e. The molecular weight excluding hydrogens is 230 g/mol. The third-order valence-electron chi connectivity index (χ3n) is 3.29. The largest absolute Gasteiger partial charge is 0.481 e. The normalized spacial score (nSPS) is 23.2. The molecule has 1 aromatic heterocycles. The van der Waals surface area contributed by atoms with E-state index in [1.165, 1.54) is 0 Å². The molecule has 1 saturated heterocycles. The molecule has 0 saturated carbocycles. The number of pyridine rings is 1.